The van der Waals surface area contributed by atoms with Crippen LogP contribution in [0.15, 0.2) is 54.1 Å². The molecule has 0 N–H and O–H groups in total. The fourth-order valence-electron chi connectivity index (χ4n) is 3.61. The predicted molar refractivity (Wildman–Crippen MR) is 73.2 cm³/mol. The number of epoxide rings is 1. The first-order valence-electron chi connectivity index (χ1n) is 6.47. The number of hydrogen-bond acceptors (Lipinski definition) is 1. The van der Waals surface area contributed by atoms with Gasteiger partial charge in [-0.1, -0.05) is 43.0 Å². The van der Waals surface area contributed by atoms with Gasteiger partial charge in [0.2, 0.25) is 0 Å². The van der Waals surface area contributed by atoms with Crippen molar-refractivity contribution in [1.29, 1.82) is 0 Å². The second-order valence-electron chi connectivity index (χ2n) is 5.63. The zero-order chi connectivity index (χ0) is 12.5. The minimum Gasteiger partial charge on any atom is -0.349 e. The molecular weight excluding hydrogens is 220 g/mol. The largest absolute Gasteiger partial charge is 0.349 e. The molecule has 90 valence electrons. The molecule has 1 saturated heterocycles. The Hall–Kier alpha value is -1.60. The van der Waals surface area contributed by atoms with E-state index in [2.05, 4.69) is 50.8 Å². The van der Waals surface area contributed by atoms with Crippen molar-refractivity contribution in [2.45, 2.75) is 31.5 Å². The van der Waals surface area contributed by atoms with E-state index < -0.39 is 0 Å². The second-order valence-corrected chi connectivity index (χ2v) is 5.63. The Labute approximate surface area is 107 Å². The van der Waals surface area contributed by atoms with Crippen molar-refractivity contribution in [3.8, 4) is 0 Å². The van der Waals surface area contributed by atoms with Crippen molar-refractivity contribution in [3.63, 3.8) is 0 Å². The van der Waals surface area contributed by atoms with Gasteiger partial charge in [0.1, 0.15) is 11.2 Å². The number of ether oxygens (including phenoxy) is 1. The molecule has 1 fully saturated rings. The van der Waals surface area contributed by atoms with Crippen molar-refractivity contribution in [1.82, 2.24) is 0 Å². The van der Waals surface area contributed by atoms with Crippen LogP contribution in [0.1, 0.15) is 25.0 Å². The average Bonchev–Trinajstić information content (AvgIpc) is 2.87. The van der Waals surface area contributed by atoms with Gasteiger partial charge in [-0.3, -0.25) is 0 Å². The molecule has 3 aliphatic rings. The highest BCUT2D eigenvalue weighted by molar-refractivity contribution is 5.89. The number of fused-ring (bicyclic) bond motifs is 4. The van der Waals surface area contributed by atoms with Crippen LogP contribution in [0.4, 0.5) is 0 Å². The summed E-state index contributed by atoms with van der Waals surface area (Å²) in [5, 5.41) is 0. The van der Waals surface area contributed by atoms with Crippen LogP contribution in [-0.2, 0) is 11.2 Å². The van der Waals surface area contributed by atoms with Gasteiger partial charge in [0, 0.05) is 0 Å². The summed E-state index contributed by atoms with van der Waals surface area (Å²) in [5.74, 6) is 0. The molecular formula is C17H16O. The van der Waals surface area contributed by atoms with E-state index in [1.165, 1.54) is 27.8 Å². The summed E-state index contributed by atoms with van der Waals surface area (Å²) in [6.45, 7) is 8.35. The number of benzene rings is 1. The van der Waals surface area contributed by atoms with Gasteiger partial charge < -0.3 is 4.74 Å². The maximum Gasteiger partial charge on any atom is 0.142 e. The van der Waals surface area contributed by atoms with Gasteiger partial charge >= 0.3 is 0 Å². The highest BCUT2D eigenvalue weighted by atomic mass is 16.6. The topological polar surface area (TPSA) is 12.5 Å². The highest BCUT2D eigenvalue weighted by Crippen LogP contribution is 2.63. The summed E-state index contributed by atoms with van der Waals surface area (Å²) in [6, 6.07) is 8.65. The van der Waals surface area contributed by atoms with Crippen LogP contribution in [0.5, 0.6) is 0 Å². The molecule has 0 spiro atoms. The molecule has 1 aromatic rings. The monoisotopic (exact) mass is 236 g/mol. The van der Waals surface area contributed by atoms with Gasteiger partial charge in [-0.2, -0.15) is 0 Å². The summed E-state index contributed by atoms with van der Waals surface area (Å²) in [7, 11) is 0. The van der Waals surface area contributed by atoms with Crippen molar-refractivity contribution in [2.75, 3.05) is 0 Å². The van der Waals surface area contributed by atoms with E-state index >= 15 is 0 Å². The van der Waals surface area contributed by atoms with E-state index in [9.17, 15) is 0 Å². The van der Waals surface area contributed by atoms with Crippen molar-refractivity contribution >= 4 is 5.57 Å². The smallest absolute Gasteiger partial charge is 0.142 e. The molecule has 4 rings (SSSR count). The molecule has 0 radical (unpaired) electrons. The molecule has 0 bridgehead atoms. The van der Waals surface area contributed by atoms with E-state index in [0.29, 0.717) is 0 Å². The standard InChI is InChI=1S/C17H16O/c1-4-17-15-10-12-7-5-6-8-13(12)14(15)9-11(2)16(17,3)18-17/h4-9H,1,10H2,2-3H3. The third-order valence-corrected chi connectivity index (χ3v) is 4.88. The lowest BCUT2D eigenvalue weighted by Gasteiger charge is -2.21. The van der Waals surface area contributed by atoms with Crippen LogP contribution in [0.2, 0.25) is 0 Å². The summed E-state index contributed by atoms with van der Waals surface area (Å²) in [4.78, 5) is 0. The van der Waals surface area contributed by atoms with E-state index in [-0.39, 0.29) is 11.2 Å². The Bertz CT molecular complexity index is 649. The second kappa shape index (κ2) is 2.86. The fourth-order valence-corrected chi connectivity index (χ4v) is 3.61. The summed E-state index contributed by atoms with van der Waals surface area (Å²) in [6.07, 6.45) is 5.29. The van der Waals surface area contributed by atoms with Crippen LogP contribution in [0.25, 0.3) is 5.57 Å². The fraction of sp³-hybridized carbons (Fsp3) is 0.294. The van der Waals surface area contributed by atoms with Crippen LogP contribution in [-0.4, -0.2) is 11.2 Å². The average molecular weight is 236 g/mol. The van der Waals surface area contributed by atoms with E-state index in [4.69, 9.17) is 4.74 Å². The van der Waals surface area contributed by atoms with E-state index in [1.807, 2.05) is 6.08 Å². The van der Waals surface area contributed by atoms with Crippen molar-refractivity contribution in [3.05, 3.63) is 65.3 Å². The lowest BCUT2D eigenvalue weighted by molar-refractivity contribution is 0.323. The SMILES string of the molecule is C=CC12OC1(C)C(C)=CC1=C2Cc2ccccc21. The van der Waals surface area contributed by atoms with Gasteiger partial charge in [0.05, 0.1) is 0 Å². The van der Waals surface area contributed by atoms with Crippen LogP contribution in [0, 0.1) is 0 Å². The first-order chi connectivity index (χ1) is 8.62. The molecule has 2 aliphatic carbocycles. The third-order valence-electron chi connectivity index (χ3n) is 4.88. The summed E-state index contributed by atoms with van der Waals surface area (Å²) >= 11 is 0. The van der Waals surface area contributed by atoms with Gasteiger partial charge in [-0.15, -0.1) is 0 Å². The number of rotatable bonds is 1. The van der Waals surface area contributed by atoms with Gasteiger partial charge in [-0.05, 0) is 48.1 Å². The number of allylic oxidation sites excluding steroid dienone is 2. The van der Waals surface area contributed by atoms with Gasteiger partial charge in [0.15, 0.2) is 0 Å². The molecule has 0 saturated carbocycles. The van der Waals surface area contributed by atoms with E-state index in [1.54, 1.807) is 0 Å². The Morgan fingerprint density at radius 2 is 2.11 bits per heavy atom. The van der Waals surface area contributed by atoms with Gasteiger partial charge in [-0.25, -0.2) is 0 Å². The first kappa shape index (κ1) is 10.3. The minimum atomic E-state index is -0.250. The molecule has 1 aromatic carbocycles. The Morgan fingerprint density at radius 1 is 1.33 bits per heavy atom. The molecule has 2 unspecified atom stereocenters. The molecule has 0 aromatic heterocycles. The molecule has 18 heavy (non-hydrogen) atoms. The Kier molecular flexibility index (Phi) is 1.64. The van der Waals surface area contributed by atoms with E-state index in [0.717, 1.165) is 6.42 Å². The zero-order valence-electron chi connectivity index (χ0n) is 10.8. The maximum atomic E-state index is 6.12. The summed E-state index contributed by atoms with van der Waals surface area (Å²) in [5.41, 5.74) is 6.43. The molecule has 1 heteroatoms. The molecule has 1 heterocycles. The predicted octanol–water partition coefficient (Wildman–Crippen LogP) is 3.67. The molecule has 0 amide bonds. The van der Waals surface area contributed by atoms with Gasteiger partial charge in [0.25, 0.3) is 0 Å². The highest BCUT2D eigenvalue weighted by Gasteiger charge is 2.70. The summed E-state index contributed by atoms with van der Waals surface area (Å²) < 4.78 is 6.12. The minimum absolute atomic E-state index is 0.157. The molecule has 2 atom stereocenters. The lowest BCUT2D eigenvalue weighted by atomic mass is 9.76. The lowest BCUT2D eigenvalue weighted by Crippen LogP contribution is -2.27. The number of hydrogen-bond donors (Lipinski definition) is 0. The van der Waals surface area contributed by atoms with Crippen LogP contribution >= 0.6 is 0 Å². The molecule has 1 nitrogen and oxygen atoms in total. The van der Waals surface area contributed by atoms with Crippen LogP contribution < -0.4 is 0 Å². The normalized spacial score (nSPS) is 35.6. The maximum absolute atomic E-state index is 6.12. The van der Waals surface area contributed by atoms with Crippen molar-refractivity contribution < 1.29 is 4.74 Å². The Balaban J connectivity index is 1.98. The quantitative estimate of drug-likeness (QED) is 0.535. The zero-order valence-corrected chi connectivity index (χ0v) is 10.8. The van der Waals surface area contributed by atoms with Crippen LogP contribution in [0.3, 0.4) is 0 Å². The molecule has 1 aliphatic heterocycles. The van der Waals surface area contributed by atoms with Crippen molar-refractivity contribution in [2.24, 2.45) is 0 Å². The third kappa shape index (κ3) is 0.907. The first-order valence-corrected chi connectivity index (χ1v) is 6.47. The Morgan fingerprint density at radius 3 is 2.89 bits per heavy atom.